The zero-order valence-corrected chi connectivity index (χ0v) is 13.5. The predicted octanol–water partition coefficient (Wildman–Crippen LogP) is 4.39. The van der Waals surface area contributed by atoms with Crippen LogP contribution in [-0.4, -0.2) is 15.9 Å². The van der Waals surface area contributed by atoms with Crippen molar-refractivity contribution < 1.29 is 18.0 Å². The summed E-state index contributed by atoms with van der Waals surface area (Å²) in [6.07, 6.45) is -0.544. The predicted molar refractivity (Wildman–Crippen MR) is 90.5 cm³/mol. The molecule has 2 atom stereocenters. The van der Waals surface area contributed by atoms with E-state index >= 15 is 0 Å². The lowest BCUT2D eigenvalue weighted by molar-refractivity contribution is -0.137. The average molecular weight is 357 g/mol. The number of carbonyl (C=O) groups excluding carboxylic acids is 1. The molecule has 4 rings (SSSR count). The Morgan fingerprint density at radius 3 is 2.38 bits per heavy atom. The van der Waals surface area contributed by atoms with Crippen LogP contribution >= 0.6 is 0 Å². The Hall–Kier alpha value is -2.96. The normalized spacial score (nSPS) is 19.3. The van der Waals surface area contributed by atoms with Crippen molar-refractivity contribution in [1.82, 2.24) is 9.97 Å². The van der Waals surface area contributed by atoms with E-state index in [4.69, 9.17) is 0 Å². The second-order valence-electron chi connectivity index (χ2n) is 6.32. The molecule has 1 aromatic heterocycles. The van der Waals surface area contributed by atoms with Gasteiger partial charge in [0, 0.05) is 24.0 Å². The van der Waals surface area contributed by atoms with Gasteiger partial charge in [0.25, 0.3) is 0 Å². The molecular weight excluding hydrogens is 343 g/mol. The number of carbonyl (C=O) groups is 1. The summed E-state index contributed by atoms with van der Waals surface area (Å²) in [4.78, 5) is 20.8. The first-order valence-corrected chi connectivity index (χ1v) is 8.10. The minimum Gasteiger partial charge on any atom is -0.326 e. The van der Waals surface area contributed by atoms with Crippen LogP contribution in [0.3, 0.4) is 0 Å². The van der Waals surface area contributed by atoms with E-state index in [1.54, 1.807) is 30.6 Å². The summed E-state index contributed by atoms with van der Waals surface area (Å²) < 4.78 is 37.9. The fourth-order valence-electron chi connectivity index (χ4n) is 3.05. The fraction of sp³-hybridized carbons (Fsp3) is 0.211. The molecule has 0 bridgehead atoms. The second kappa shape index (κ2) is 6.09. The highest BCUT2D eigenvalue weighted by Gasteiger charge is 2.44. The lowest BCUT2D eigenvalue weighted by Gasteiger charge is -2.08. The number of benzene rings is 2. The van der Waals surface area contributed by atoms with Crippen molar-refractivity contribution in [2.45, 2.75) is 18.5 Å². The molecule has 1 heterocycles. The maximum atomic E-state index is 12.6. The highest BCUT2D eigenvalue weighted by molar-refractivity contribution is 5.96. The van der Waals surface area contributed by atoms with Gasteiger partial charge in [-0.1, -0.05) is 12.1 Å². The van der Waals surface area contributed by atoms with Gasteiger partial charge in [-0.05, 0) is 48.2 Å². The smallest absolute Gasteiger partial charge is 0.326 e. The minimum absolute atomic E-state index is 0.0440. The first-order chi connectivity index (χ1) is 12.4. The van der Waals surface area contributed by atoms with Crippen LogP contribution in [0.25, 0.3) is 11.0 Å². The molecule has 1 aliphatic carbocycles. The standard InChI is InChI=1S/C19H14F3N3O/c20-19(21,22)12-3-1-11(2-4-12)14-10-15(14)18(26)25-13-5-6-16-17(9-13)24-8-7-23-16/h1-9,14-15H,10H2,(H,25,26). The molecule has 0 aliphatic heterocycles. The molecule has 4 nitrogen and oxygen atoms in total. The van der Waals surface area contributed by atoms with Gasteiger partial charge in [-0.15, -0.1) is 0 Å². The Morgan fingerprint density at radius 2 is 1.69 bits per heavy atom. The monoisotopic (exact) mass is 357 g/mol. The summed E-state index contributed by atoms with van der Waals surface area (Å²) >= 11 is 0. The number of hydrogen-bond acceptors (Lipinski definition) is 3. The highest BCUT2D eigenvalue weighted by atomic mass is 19.4. The van der Waals surface area contributed by atoms with Crippen molar-refractivity contribution in [3.05, 3.63) is 66.0 Å². The number of aromatic nitrogens is 2. The van der Waals surface area contributed by atoms with Crippen molar-refractivity contribution in [1.29, 1.82) is 0 Å². The lowest BCUT2D eigenvalue weighted by atomic mass is 10.1. The van der Waals surface area contributed by atoms with Crippen LogP contribution in [0.2, 0.25) is 0 Å². The SMILES string of the molecule is O=C(Nc1ccc2nccnc2c1)C1CC1c1ccc(C(F)(F)F)cc1. The van der Waals surface area contributed by atoms with Crippen LogP contribution in [0.5, 0.6) is 0 Å². The number of nitrogens with one attached hydrogen (secondary N) is 1. The minimum atomic E-state index is -4.35. The zero-order valence-electron chi connectivity index (χ0n) is 13.5. The van der Waals surface area contributed by atoms with Crippen LogP contribution in [0.15, 0.2) is 54.9 Å². The maximum absolute atomic E-state index is 12.6. The molecule has 2 unspecified atom stereocenters. The Balaban J connectivity index is 1.43. The Kier molecular flexibility index (Phi) is 3.86. The van der Waals surface area contributed by atoms with E-state index in [0.29, 0.717) is 17.6 Å². The zero-order chi connectivity index (χ0) is 18.3. The van der Waals surface area contributed by atoms with Gasteiger partial charge in [0.2, 0.25) is 5.91 Å². The molecule has 26 heavy (non-hydrogen) atoms. The van der Waals surface area contributed by atoms with Gasteiger partial charge < -0.3 is 5.32 Å². The third kappa shape index (κ3) is 3.24. The number of anilines is 1. The number of halogens is 3. The molecule has 1 N–H and O–H groups in total. The maximum Gasteiger partial charge on any atom is 0.416 e. The van der Waals surface area contributed by atoms with Gasteiger partial charge in [-0.25, -0.2) is 0 Å². The fourth-order valence-corrected chi connectivity index (χ4v) is 3.05. The summed E-state index contributed by atoms with van der Waals surface area (Å²) in [6.45, 7) is 0. The second-order valence-corrected chi connectivity index (χ2v) is 6.32. The number of fused-ring (bicyclic) bond motifs is 1. The van der Waals surface area contributed by atoms with Gasteiger partial charge in [0.05, 0.1) is 16.6 Å². The largest absolute Gasteiger partial charge is 0.416 e. The number of amides is 1. The summed E-state index contributed by atoms with van der Waals surface area (Å²) in [7, 11) is 0. The topological polar surface area (TPSA) is 54.9 Å². The van der Waals surface area contributed by atoms with E-state index < -0.39 is 11.7 Å². The first-order valence-electron chi connectivity index (χ1n) is 8.10. The molecule has 1 fully saturated rings. The van der Waals surface area contributed by atoms with Crippen molar-refractivity contribution in [2.75, 3.05) is 5.32 Å². The average Bonchev–Trinajstić information content (AvgIpc) is 3.42. The van der Waals surface area contributed by atoms with Crippen molar-refractivity contribution >= 4 is 22.6 Å². The van der Waals surface area contributed by atoms with E-state index in [-0.39, 0.29) is 17.7 Å². The molecule has 7 heteroatoms. The molecule has 132 valence electrons. The summed E-state index contributed by atoms with van der Waals surface area (Å²) in [5, 5.41) is 2.84. The third-order valence-electron chi connectivity index (χ3n) is 4.53. The molecule has 0 spiro atoms. The molecule has 0 saturated heterocycles. The van der Waals surface area contributed by atoms with Gasteiger partial charge in [-0.2, -0.15) is 13.2 Å². The summed E-state index contributed by atoms with van der Waals surface area (Å²) in [5.41, 5.74) is 2.11. The third-order valence-corrected chi connectivity index (χ3v) is 4.53. The van der Waals surface area contributed by atoms with Gasteiger partial charge in [0.15, 0.2) is 0 Å². The van der Waals surface area contributed by atoms with Crippen LogP contribution in [0, 0.1) is 5.92 Å². The Labute approximate surface area is 147 Å². The summed E-state index contributed by atoms with van der Waals surface area (Å²) in [5.74, 6) is -0.417. The number of alkyl halides is 3. The molecule has 2 aromatic carbocycles. The van der Waals surface area contributed by atoms with E-state index in [2.05, 4.69) is 15.3 Å². The molecule has 0 radical (unpaired) electrons. The molecule has 1 aliphatic rings. The molecule has 1 saturated carbocycles. The quantitative estimate of drug-likeness (QED) is 0.756. The number of nitrogens with zero attached hydrogens (tertiary/aromatic N) is 2. The summed E-state index contributed by atoms with van der Waals surface area (Å²) in [6, 6.07) is 10.3. The van der Waals surface area contributed by atoms with Gasteiger partial charge >= 0.3 is 6.18 Å². The van der Waals surface area contributed by atoms with Crippen LogP contribution in [0.4, 0.5) is 18.9 Å². The van der Waals surface area contributed by atoms with Crippen LogP contribution < -0.4 is 5.32 Å². The highest BCUT2D eigenvalue weighted by Crippen LogP contribution is 2.48. The van der Waals surface area contributed by atoms with E-state index in [9.17, 15) is 18.0 Å². The Bertz CT molecular complexity index is 970. The number of rotatable bonds is 3. The van der Waals surface area contributed by atoms with E-state index in [0.717, 1.165) is 23.2 Å². The molecule has 1 amide bonds. The van der Waals surface area contributed by atoms with Crippen LogP contribution in [0.1, 0.15) is 23.5 Å². The van der Waals surface area contributed by atoms with Crippen molar-refractivity contribution in [2.24, 2.45) is 5.92 Å². The van der Waals surface area contributed by atoms with E-state index in [1.165, 1.54) is 12.1 Å². The van der Waals surface area contributed by atoms with Crippen molar-refractivity contribution in [3.63, 3.8) is 0 Å². The Morgan fingerprint density at radius 1 is 1.00 bits per heavy atom. The number of hydrogen-bond donors (Lipinski definition) is 1. The van der Waals surface area contributed by atoms with Gasteiger partial charge in [0.1, 0.15) is 0 Å². The van der Waals surface area contributed by atoms with Gasteiger partial charge in [-0.3, -0.25) is 14.8 Å². The molecular formula is C19H14F3N3O. The van der Waals surface area contributed by atoms with E-state index in [1.807, 2.05) is 0 Å². The van der Waals surface area contributed by atoms with Crippen molar-refractivity contribution in [3.8, 4) is 0 Å². The van der Waals surface area contributed by atoms with Crippen LogP contribution in [-0.2, 0) is 11.0 Å². The first kappa shape index (κ1) is 16.5. The molecule has 3 aromatic rings. The lowest BCUT2D eigenvalue weighted by Crippen LogP contribution is -2.14.